The molecule has 0 saturated carbocycles. The molecule has 0 fully saturated rings. The molecule has 0 saturated heterocycles. The van der Waals surface area contributed by atoms with Crippen LogP contribution in [0.3, 0.4) is 0 Å². The third-order valence-corrected chi connectivity index (χ3v) is 2.37. The normalized spacial score (nSPS) is 10.8. The Labute approximate surface area is 100 Å². The van der Waals surface area contributed by atoms with Gasteiger partial charge in [-0.15, -0.1) is 0 Å². The summed E-state index contributed by atoms with van der Waals surface area (Å²) in [5.41, 5.74) is 0. The molecule has 1 heterocycles. The van der Waals surface area contributed by atoms with Crippen molar-refractivity contribution in [2.24, 2.45) is 0 Å². The topological polar surface area (TPSA) is 22.1 Å². The van der Waals surface area contributed by atoms with E-state index in [0.717, 1.165) is 0 Å². The van der Waals surface area contributed by atoms with Crippen LogP contribution in [0.2, 0.25) is 15.2 Å². The second kappa shape index (κ2) is 5.68. The highest BCUT2D eigenvalue weighted by Gasteiger charge is 2.10. The lowest BCUT2D eigenvalue weighted by Crippen LogP contribution is -2.04. The van der Waals surface area contributed by atoms with Crippen LogP contribution in [0.15, 0.2) is 6.07 Å². The maximum Gasteiger partial charge on any atom is 0.241 e. The van der Waals surface area contributed by atoms with Crippen molar-refractivity contribution >= 4 is 34.8 Å². The fourth-order valence-electron chi connectivity index (χ4n) is 0.774. The Morgan fingerprint density at radius 2 is 1.93 bits per heavy atom. The van der Waals surface area contributed by atoms with Crippen LogP contribution in [-0.4, -0.2) is 18.0 Å². The fraction of sp³-hybridized carbons (Fsp3) is 0.375. The van der Waals surface area contributed by atoms with Crippen molar-refractivity contribution in [3.63, 3.8) is 0 Å². The highest BCUT2D eigenvalue weighted by atomic mass is 35.5. The Morgan fingerprint density at radius 3 is 2.53 bits per heavy atom. The average molecular weight is 276 g/mol. The van der Waals surface area contributed by atoms with Crippen LogP contribution < -0.4 is 4.74 Å². The molecule has 2 nitrogen and oxygen atoms in total. The Balaban J connectivity index is 2.65. The number of ether oxygens (including phenoxy) is 1. The van der Waals surface area contributed by atoms with Crippen LogP contribution in [-0.2, 0) is 0 Å². The summed E-state index contributed by atoms with van der Waals surface area (Å²) >= 11 is 16.9. The first-order valence-corrected chi connectivity index (χ1v) is 5.06. The summed E-state index contributed by atoms with van der Waals surface area (Å²) in [7, 11) is 0. The molecule has 0 N–H and O–H groups in total. The standard InChI is InChI=1S/C8H6Cl3F2NO/c9-4-3-5(10)8(14-7(4)11)15-2-1-6(12)13/h3,6H,1-2H2. The van der Waals surface area contributed by atoms with E-state index in [1.807, 2.05) is 0 Å². The lowest BCUT2D eigenvalue weighted by molar-refractivity contribution is 0.113. The zero-order valence-corrected chi connectivity index (χ0v) is 9.58. The molecule has 84 valence electrons. The summed E-state index contributed by atoms with van der Waals surface area (Å²) in [6.45, 7) is -0.178. The molecule has 1 rings (SSSR count). The molecule has 0 unspecified atom stereocenters. The number of alkyl halides is 2. The molecule has 15 heavy (non-hydrogen) atoms. The van der Waals surface area contributed by atoms with Crippen LogP contribution in [0.5, 0.6) is 5.88 Å². The van der Waals surface area contributed by atoms with Gasteiger partial charge in [0.25, 0.3) is 0 Å². The predicted octanol–water partition coefficient (Wildman–Crippen LogP) is 4.08. The van der Waals surface area contributed by atoms with Gasteiger partial charge in [0.2, 0.25) is 12.3 Å². The van der Waals surface area contributed by atoms with E-state index in [2.05, 4.69) is 4.98 Å². The first kappa shape index (κ1) is 12.7. The molecular formula is C8H6Cl3F2NO. The van der Waals surface area contributed by atoms with Crippen molar-refractivity contribution in [2.45, 2.75) is 12.8 Å². The van der Waals surface area contributed by atoms with Gasteiger partial charge in [-0.05, 0) is 6.07 Å². The molecule has 0 radical (unpaired) electrons. The van der Waals surface area contributed by atoms with Gasteiger partial charge in [0.1, 0.15) is 5.02 Å². The third kappa shape index (κ3) is 3.97. The van der Waals surface area contributed by atoms with Gasteiger partial charge in [-0.25, -0.2) is 8.78 Å². The van der Waals surface area contributed by atoms with Gasteiger partial charge in [0, 0.05) is 6.42 Å². The molecular weight excluding hydrogens is 270 g/mol. The van der Waals surface area contributed by atoms with Crippen LogP contribution in [0, 0.1) is 0 Å². The van der Waals surface area contributed by atoms with Gasteiger partial charge in [0.05, 0.1) is 11.6 Å². The van der Waals surface area contributed by atoms with Gasteiger partial charge in [-0.1, -0.05) is 34.8 Å². The van der Waals surface area contributed by atoms with Gasteiger partial charge >= 0.3 is 0 Å². The van der Waals surface area contributed by atoms with Crippen molar-refractivity contribution in [3.8, 4) is 5.88 Å². The van der Waals surface area contributed by atoms with E-state index in [9.17, 15) is 8.78 Å². The van der Waals surface area contributed by atoms with Crippen LogP contribution in [0.4, 0.5) is 8.78 Å². The molecule has 1 aromatic rings. The van der Waals surface area contributed by atoms with Crippen molar-refractivity contribution in [1.29, 1.82) is 0 Å². The van der Waals surface area contributed by atoms with E-state index in [0.29, 0.717) is 0 Å². The number of hydrogen-bond acceptors (Lipinski definition) is 2. The number of hydrogen-bond donors (Lipinski definition) is 0. The van der Waals surface area contributed by atoms with E-state index in [1.54, 1.807) is 0 Å². The molecule has 7 heteroatoms. The summed E-state index contributed by atoms with van der Waals surface area (Å²) < 4.78 is 28.5. The predicted molar refractivity (Wildman–Crippen MR) is 55.4 cm³/mol. The molecule has 0 aliphatic heterocycles. The minimum absolute atomic E-state index is 0.00622. The van der Waals surface area contributed by atoms with Crippen LogP contribution in [0.1, 0.15) is 6.42 Å². The zero-order chi connectivity index (χ0) is 11.4. The van der Waals surface area contributed by atoms with Gasteiger partial charge in [-0.3, -0.25) is 0 Å². The highest BCUT2D eigenvalue weighted by molar-refractivity contribution is 6.42. The Bertz CT molecular complexity index is 349. The van der Waals surface area contributed by atoms with E-state index in [1.165, 1.54) is 6.07 Å². The zero-order valence-electron chi connectivity index (χ0n) is 7.31. The number of pyridine rings is 1. The summed E-state index contributed by atoms with van der Waals surface area (Å²) in [5.74, 6) is 0.00622. The SMILES string of the molecule is FC(F)CCOc1nc(Cl)c(Cl)cc1Cl. The quantitative estimate of drug-likeness (QED) is 0.773. The molecule has 0 bridgehead atoms. The summed E-state index contributed by atoms with van der Waals surface area (Å²) in [4.78, 5) is 3.70. The van der Waals surface area contributed by atoms with Crippen molar-refractivity contribution < 1.29 is 13.5 Å². The Morgan fingerprint density at radius 1 is 1.27 bits per heavy atom. The van der Waals surface area contributed by atoms with Crippen molar-refractivity contribution in [1.82, 2.24) is 4.98 Å². The Kier molecular flexibility index (Phi) is 4.83. The lowest BCUT2D eigenvalue weighted by atomic mass is 10.4. The first-order chi connectivity index (χ1) is 7.00. The van der Waals surface area contributed by atoms with Crippen molar-refractivity contribution in [3.05, 3.63) is 21.3 Å². The van der Waals surface area contributed by atoms with E-state index in [-0.39, 0.29) is 27.7 Å². The lowest BCUT2D eigenvalue weighted by Gasteiger charge is -2.07. The molecule has 0 aromatic carbocycles. The highest BCUT2D eigenvalue weighted by Crippen LogP contribution is 2.30. The maximum atomic E-state index is 11.8. The minimum Gasteiger partial charge on any atom is -0.476 e. The summed E-state index contributed by atoms with van der Waals surface area (Å²) in [5, 5.41) is 0.342. The van der Waals surface area contributed by atoms with E-state index >= 15 is 0 Å². The average Bonchev–Trinajstić information content (AvgIpc) is 2.13. The van der Waals surface area contributed by atoms with Crippen molar-refractivity contribution in [2.75, 3.05) is 6.61 Å². The number of nitrogens with zero attached hydrogens (tertiary/aromatic N) is 1. The Hall–Kier alpha value is -0.320. The number of halogens is 5. The first-order valence-electron chi connectivity index (χ1n) is 3.93. The molecule has 0 amide bonds. The third-order valence-electron chi connectivity index (χ3n) is 1.43. The monoisotopic (exact) mass is 275 g/mol. The minimum atomic E-state index is -2.42. The van der Waals surface area contributed by atoms with E-state index in [4.69, 9.17) is 39.5 Å². The molecule has 0 aliphatic carbocycles. The second-order valence-electron chi connectivity index (χ2n) is 2.58. The van der Waals surface area contributed by atoms with Gasteiger partial charge < -0.3 is 4.74 Å². The molecule has 0 aliphatic rings. The molecule has 0 spiro atoms. The molecule has 1 aromatic heterocycles. The summed E-state index contributed by atoms with van der Waals surface area (Å²) in [6, 6.07) is 1.34. The second-order valence-corrected chi connectivity index (χ2v) is 3.75. The van der Waals surface area contributed by atoms with Gasteiger partial charge in [-0.2, -0.15) is 4.98 Å². The molecule has 0 atom stereocenters. The van der Waals surface area contributed by atoms with Gasteiger partial charge in [0.15, 0.2) is 5.15 Å². The number of rotatable bonds is 4. The van der Waals surface area contributed by atoms with E-state index < -0.39 is 12.8 Å². The maximum absolute atomic E-state index is 11.8. The number of aromatic nitrogens is 1. The smallest absolute Gasteiger partial charge is 0.241 e. The van der Waals surface area contributed by atoms with Crippen LogP contribution in [0.25, 0.3) is 0 Å². The fourth-order valence-corrected chi connectivity index (χ4v) is 1.32. The summed E-state index contributed by atoms with van der Waals surface area (Å²) in [6.07, 6.45) is -2.82. The van der Waals surface area contributed by atoms with Crippen LogP contribution >= 0.6 is 34.8 Å². The largest absolute Gasteiger partial charge is 0.476 e.